The van der Waals surface area contributed by atoms with Crippen LogP contribution in [0.2, 0.25) is 0 Å². The number of alkyl carbamates (subject to hydrolysis) is 1. The van der Waals surface area contributed by atoms with Gasteiger partial charge in [-0.05, 0) is 75.1 Å². The summed E-state index contributed by atoms with van der Waals surface area (Å²) >= 11 is 0. The molecule has 0 aliphatic carbocycles. The number of carbonyl (C=O) groups excluding carboxylic acids is 2. The molecule has 2 aromatic carbocycles. The van der Waals surface area contributed by atoms with Crippen molar-refractivity contribution in [3.05, 3.63) is 73.1 Å². The fourth-order valence-electron chi connectivity index (χ4n) is 4.56. The number of aromatic nitrogens is 2. The molecular weight excluding hydrogens is 613 g/mol. The molecule has 0 saturated carbocycles. The SMILES string of the molecule is CC(C)C[C@@H](NC(=O)OC(C)(C)C)C(=O)Nc1ccc(-c2ccnc3c2ccn3S(=O)(=O)c2ccccc2)c(OC(F)(F)F)c1. The van der Waals surface area contributed by atoms with Gasteiger partial charge in [-0.2, -0.15) is 0 Å². The van der Waals surface area contributed by atoms with Crippen LogP contribution in [0.5, 0.6) is 5.75 Å². The zero-order valence-electron chi connectivity index (χ0n) is 25.2. The van der Waals surface area contributed by atoms with E-state index in [0.717, 1.165) is 10.0 Å². The maximum atomic E-state index is 13.6. The number of carbonyl (C=O) groups is 2. The first-order valence-electron chi connectivity index (χ1n) is 13.9. The molecule has 2 N–H and O–H groups in total. The lowest BCUT2D eigenvalue weighted by atomic mass is 10.0. The van der Waals surface area contributed by atoms with E-state index >= 15 is 0 Å². The van der Waals surface area contributed by atoms with Gasteiger partial charge in [0.1, 0.15) is 17.4 Å². The number of alkyl halides is 3. The maximum Gasteiger partial charge on any atom is 0.573 e. The maximum absolute atomic E-state index is 13.6. The number of anilines is 1. The molecule has 4 aromatic rings. The second kappa shape index (κ2) is 12.8. The monoisotopic (exact) mass is 646 g/mol. The van der Waals surface area contributed by atoms with Crippen LogP contribution in [0.3, 0.4) is 0 Å². The molecule has 45 heavy (non-hydrogen) atoms. The topological polar surface area (TPSA) is 129 Å². The lowest BCUT2D eigenvalue weighted by Crippen LogP contribution is -2.46. The summed E-state index contributed by atoms with van der Waals surface area (Å²) in [5.74, 6) is -1.34. The molecule has 4 rings (SSSR count). The number of rotatable bonds is 9. The molecule has 0 fully saturated rings. The van der Waals surface area contributed by atoms with Gasteiger partial charge < -0.3 is 20.1 Å². The molecule has 240 valence electrons. The molecule has 1 atom stereocenters. The molecule has 14 heteroatoms. The van der Waals surface area contributed by atoms with Crippen molar-refractivity contribution in [2.75, 3.05) is 5.32 Å². The Labute approximate surface area is 258 Å². The zero-order chi connectivity index (χ0) is 33.2. The number of nitrogens with one attached hydrogen (secondary N) is 2. The molecule has 2 aromatic heterocycles. The van der Waals surface area contributed by atoms with Crippen molar-refractivity contribution in [2.24, 2.45) is 5.92 Å². The van der Waals surface area contributed by atoms with Crippen LogP contribution in [0, 0.1) is 5.92 Å². The van der Waals surface area contributed by atoms with Crippen LogP contribution in [0.4, 0.5) is 23.7 Å². The Kier molecular flexibility index (Phi) is 9.47. The van der Waals surface area contributed by atoms with Crippen molar-refractivity contribution in [2.45, 2.75) is 63.9 Å². The lowest BCUT2D eigenvalue weighted by Gasteiger charge is -2.24. The number of hydrogen-bond acceptors (Lipinski definition) is 7. The molecule has 0 saturated heterocycles. The highest BCUT2D eigenvalue weighted by atomic mass is 32.2. The van der Waals surface area contributed by atoms with Gasteiger partial charge in [0.15, 0.2) is 5.65 Å². The lowest BCUT2D eigenvalue weighted by molar-refractivity contribution is -0.274. The summed E-state index contributed by atoms with van der Waals surface area (Å²) in [6.07, 6.45) is -3.13. The van der Waals surface area contributed by atoms with E-state index in [-0.39, 0.29) is 45.1 Å². The van der Waals surface area contributed by atoms with Gasteiger partial charge in [-0.25, -0.2) is 22.2 Å². The Hall–Kier alpha value is -4.59. The van der Waals surface area contributed by atoms with Crippen LogP contribution in [0.25, 0.3) is 22.2 Å². The van der Waals surface area contributed by atoms with E-state index in [4.69, 9.17) is 4.74 Å². The smallest absolute Gasteiger partial charge is 0.444 e. The molecule has 2 amide bonds. The molecule has 0 bridgehead atoms. The summed E-state index contributed by atoms with van der Waals surface area (Å²) in [5.41, 5.74) is -0.663. The third-order valence-electron chi connectivity index (χ3n) is 6.33. The minimum Gasteiger partial charge on any atom is -0.444 e. The summed E-state index contributed by atoms with van der Waals surface area (Å²) in [4.78, 5) is 29.7. The van der Waals surface area contributed by atoms with Crippen molar-refractivity contribution in [3.63, 3.8) is 0 Å². The normalized spacial score (nSPS) is 13.0. The highest BCUT2D eigenvalue weighted by Crippen LogP contribution is 2.39. The predicted octanol–water partition coefficient (Wildman–Crippen LogP) is 6.72. The standard InChI is InChI=1S/C31H33F3N4O6S/c1-19(2)17-25(37-29(40)44-30(3,4)5)28(39)36-20-11-12-23(26(18-20)43-31(32,33)34)22-13-15-35-27-24(22)14-16-38(27)45(41,42)21-9-7-6-8-10-21/h6-16,18-19,25H,17H2,1-5H3,(H,36,39)(H,37,40)/t25-/m1/s1. The van der Waals surface area contributed by atoms with Crippen molar-refractivity contribution in [1.82, 2.24) is 14.3 Å². The second-order valence-electron chi connectivity index (χ2n) is 11.6. The van der Waals surface area contributed by atoms with E-state index in [9.17, 15) is 31.2 Å². The molecule has 0 aliphatic heterocycles. The molecule has 10 nitrogen and oxygen atoms in total. The molecule has 0 spiro atoms. The van der Waals surface area contributed by atoms with Gasteiger partial charge in [0, 0.05) is 35.1 Å². The van der Waals surface area contributed by atoms with Gasteiger partial charge in [-0.3, -0.25) is 4.79 Å². The number of halogens is 3. The van der Waals surface area contributed by atoms with E-state index in [2.05, 4.69) is 20.4 Å². The average molecular weight is 647 g/mol. The van der Waals surface area contributed by atoms with Gasteiger partial charge in [0.05, 0.1) is 4.90 Å². The van der Waals surface area contributed by atoms with Gasteiger partial charge in [0.25, 0.3) is 10.0 Å². The summed E-state index contributed by atoms with van der Waals surface area (Å²) in [5, 5.41) is 5.32. The quantitative estimate of drug-likeness (QED) is 0.207. The number of hydrogen-bond donors (Lipinski definition) is 2. The van der Waals surface area contributed by atoms with Crippen LogP contribution >= 0.6 is 0 Å². The Balaban J connectivity index is 1.71. The van der Waals surface area contributed by atoms with E-state index in [1.807, 2.05) is 13.8 Å². The minimum atomic E-state index is -5.09. The highest BCUT2D eigenvalue weighted by molar-refractivity contribution is 7.90. The number of fused-ring (bicyclic) bond motifs is 1. The Morgan fingerprint density at radius 3 is 2.29 bits per heavy atom. The third kappa shape index (κ3) is 8.32. The number of pyridine rings is 1. The van der Waals surface area contributed by atoms with Crippen LogP contribution in [0.15, 0.2) is 78.0 Å². The van der Waals surface area contributed by atoms with E-state index in [1.54, 1.807) is 39.0 Å². The number of amides is 2. The van der Waals surface area contributed by atoms with E-state index in [0.29, 0.717) is 0 Å². The fourth-order valence-corrected chi connectivity index (χ4v) is 5.89. The molecule has 0 aliphatic rings. The Morgan fingerprint density at radius 2 is 1.67 bits per heavy atom. The Bertz CT molecular complexity index is 1800. The second-order valence-corrected chi connectivity index (χ2v) is 13.4. The first kappa shape index (κ1) is 33.3. The largest absolute Gasteiger partial charge is 0.573 e. The van der Waals surface area contributed by atoms with Crippen molar-refractivity contribution < 1.29 is 40.7 Å². The molecule has 0 unspecified atom stereocenters. The van der Waals surface area contributed by atoms with Gasteiger partial charge >= 0.3 is 12.5 Å². The van der Waals surface area contributed by atoms with E-state index < -0.39 is 45.8 Å². The number of benzene rings is 2. The molecular formula is C31H33F3N4O6S. The summed E-state index contributed by atoms with van der Waals surface area (Å²) in [7, 11) is -4.06. The number of ether oxygens (including phenoxy) is 2. The minimum absolute atomic E-state index is 0.00330. The average Bonchev–Trinajstić information content (AvgIpc) is 3.37. The van der Waals surface area contributed by atoms with Gasteiger partial charge in [0.2, 0.25) is 5.91 Å². The predicted molar refractivity (Wildman–Crippen MR) is 162 cm³/mol. The van der Waals surface area contributed by atoms with Gasteiger partial charge in [-0.1, -0.05) is 32.0 Å². The highest BCUT2D eigenvalue weighted by Gasteiger charge is 2.33. The summed E-state index contributed by atoms with van der Waals surface area (Å²) in [6.45, 7) is 8.69. The number of nitrogens with zero attached hydrogens (tertiary/aromatic N) is 2. The van der Waals surface area contributed by atoms with Crippen LogP contribution < -0.4 is 15.4 Å². The third-order valence-corrected chi connectivity index (χ3v) is 8.01. The first-order chi connectivity index (χ1) is 20.9. The summed E-state index contributed by atoms with van der Waals surface area (Å²) < 4.78 is 77.9. The van der Waals surface area contributed by atoms with Crippen LogP contribution in [-0.2, 0) is 19.6 Å². The van der Waals surface area contributed by atoms with Crippen molar-refractivity contribution in [3.8, 4) is 16.9 Å². The summed E-state index contributed by atoms with van der Waals surface area (Å²) in [6, 6.07) is 13.2. The Morgan fingerprint density at radius 1 is 0.978 bits per heavy atom. The van der Waals surface area contributed by atoms with E-state index in [1.165, 1.54) is 48.8 Å². The zero-order valence-corrected chi connectivity index (χ0v) is 26.0. The first-order valence-corrected chi connectivity index (χ1v) is 15.4. The molecule has 2 heterocycles. The van der Waals surface area contributed by atoms with Gasteiger partial charge in [-0.15, -0.1) is 13.2 Å². The van der Waals surface area contributed by atoms with Crippen LogP contribution in [-0.4, -0.2) is 47.4 Å². The molecule has 0 radical (unpaired) electrons. The van der Waals surface area contributed by atoms with Crippen molar-refractivity contribution >= 4 is 38.7 Å². The van der Waals surface area contributed by atoms with Crippen LogP contribution in [0.1, 0.15) is 41.0 Å². The van der Waals surface area contributed by atoms with Crippen molar-refractivity contribution in [1.29, 1.82) is 0 Å². The fraction of sp³-hybridized carbons (Fsp3) is 0.323.